The van der Waals surface area contributed by atoms with Gasteiger partial charge in [0.05, 0.1) is 11.4 Å². The minimum atomic E-state index is -3.24. The number of carbonyl (C=O) groups excluding carboxylic acids is 1. The second kappa shape index (κ2) is 8.08. The molecule has 2 aromatic carbocycles. The normalized spacial score (nSPS) is 17.3. The number of halogens is 1. The summed E-state index contributed by atoms with van der Waals surface area (Å²) >= 11 is 0. The molecule has 1 atom stereocenters. The molecule has 1 unspecified atom stereocenters. The second-order valence-corrected chi connectivity index (χ2v) is 8.86. The number of rotatable bonds is 5. The van der Waals surface area contributed by atoms with Crippen molar-refractivity contribution < 1.29 is 17.6 Å². The van der Waals surface area contributed by atoms with Crippen molar-refractivity contribution in [1.82, 2.24) is 0 Å². The molecule has 0 aliphatic carbocycles. The first-order chi connectivity index (χ1) is 12.8. The van der Waals surface area contributed by atoms with E-state index in [1.807, 2.05) is 6.92 Å². The summed E-state index contributed by atoms with van der Waals surface area (Å²) in [6, 6.07) is 13.0. The third-order valence-electron chi connectivity index (χ3n) is 4.72. The minimum absolute atomic E-state index is 0.0385. The lowest BCUT2D eigenvalue weighted by atomic mass is 9.97. The fraction of sp³-hybridized carbons (Fsp3) is 0.350. The summed E-state index contributed by atoms with van der Waals surface area (Å²) in [5.41, 5.74) is 2.13. The van der Waals surface area contributed by atoms with Gasteiger partial charge in [0.2, 0.25) is 15.9 Å². The minimum Gasteiger partial charge on any atom is -0.326 e. The van der Waals surface area contributed by atoms with Gasteiger partial charge in [0, 0.05) is 18.7 Å². The van der Waals surface area contributed by atoms with Crippen molar-refractivity contribution in [2.45, 2.75) is 32.1 Å². The molecule has 1 aliphatic heterocycles. The molecule has 0 radical (unpaired) electrons. The molecule has 3 rings (SSSR count). The lowest BCUT2D eigenvalue weighted by Crippen LogP contribution is -2.37. The summed E-state index contributed by atoms with van der Waals surface area (Å²) in [6.07, 6.45) is 1.81. The number of hydrogen-bond donors (Lipinski definition) is 1. The van der Waals surface area contributed by atoms with Crippen molar-refractivity contribution in [3.05, 3.63) is 59.9 Å². The lowest BCUT2D eigenvalue weighted by molar-refractivity contribution is -0.116. The average molecular weight is 390 g/mol. The predicted molar refractivity (Wildman–Crippen MR) is 105 cm³/mol. The van der Waals surface area contributed by atoms with Crippen LogP contribution < -0.4 is 9.62 Å². The van der Waals surface area contributed by atoms with E-state index in [0.717, 1.165) is 12.0 Å². The van der Waals surface area contributed by atoms with Crippen molar-refractivity contribution >= 4 is 27.3 Å². The molecular formula is C20H23FN2O3S. The van der Waals surface area contributed by atoms with Gasteiger partial charge in [-0.05, 0) is 60.7 Å². The fourth-order valence-corrected chi connectivity index (χ4v) is 4.83. The van der Waals surface area contributed by atoms with E-state index < -0.39 is 10.0 Å². The monoisotopic (exact) mass is 390 g/mol. The smallest absolute Gasteiger partial charge is 0.235 e. The Labute approximate surface area is 159 Å². The zero-order chi connectivity index (χ0) is 19.4. The highest BCUT2D eigenvalue weighted by atomic mass is 32.2. The van der Waals surface area contributed by atoms with E-state index in [4.69, 9.17) is 0 Å². The fourth-order valence-electron chi connectivity index (χ4n) is 3.19. The van der Waals surface area contributed by atoms with Gasteiger partial charge in [-0.25, -0.2) is 12.8 Å². The topological polar surface area (TPSA) is 66.5 Å². The molecule has 0 spiro atoms. The average Bonchev–Trinajstić information content (AvgIpc) is 2.62. The number of carbonyl (C=O) groups is 1. The van der Waals surface area contributed by atoms with Gasteiger partial charge in [-0.3, -0.25) is 9.10 Å². The molecule has 1 saturated heterocycles. The quantitative estimate of drug-likeness (QED) is 0.842. The second-order valence-electron chi connectivity index (χ2n) is 6.85. The van der Waals surface area contributed by atoms with Crippen molar-refractivity contribution in [1.29, 1.82) is 0 Å². The van der Waals surface area contributed by atoms with Crippen LogP contribution in [0.15, 0.2) is 48.5 Å². The van der Waals surface area contributed by atoms with Gasteiger partial charge >= 0.3 is 0 Å². The summed E-state index contributed by atoms with van der Waals surface area (Å²) in [4.78, 5) is 12.3. The van der Waals surface area contributed by atoms with E-state index in [-0.39, 0.29) is 29.8 Å². The van der Waals surface area contributed by atoms with Crippen LogP contribution in [-0.4, -0.2) is 26.6 Å². The van der Waals surface area contributed by atoms with Crippen LogP contribution in [0.2, 0.25) is 0 Å². The number of benzene rings is 2. The van der Waals surface area contributed by atoms with Crippen molar-refractivity contribution in [3.8, 4) is 0 Å². The van der Waals surface area contributed by atoms with Gasteiger partial charge in [0.1, 0.15) is 5.82 Å². The lowest BCUT2D eigenvalue weighted by Gasteiger charge is -2.28. The van der Waals surface area contributed by atoms with Gasteiger partial charge in [-0.15, -0.1) is 0 Å². The molecule has 1 N–H and O–H groups in total. The van der Waals surface area contributed by atoms with Gasteiger partial charge in [0.15, 0.2) is 0 Å². The third kappa shape index (κ3) is 4.86. The Morgan fingerprint density at radius 2 is 1.78 bits per heavy atom. The number of nitrogens with zero attached hydrogens (tertiary/aromatic N) is 1. The van der Waals surface area contributed by atoms with E-state index in [1.165, 1.54) is 16.4 Å². The number of hydrogen-bond acceptors (Lipinski definition) is 3. The van der Waals surface area contributed by atoms with Gasteiger partial charge < -0.3 is 5.32 Å². The zero-order valence-corrected chi connectivity index (χ0v) is 16.0. The van der Waals surface area contributed by atoms with E-state index in [2.05, 4.69) is 5.32 Å². The van der Waals surface area contributed by atoms with Crippen LogP contribution in [0.25, 0.3) is 0 Å². The molecule has 0 saturated carbocycles. The SMILES string of the molecule is CC(CC(=O)Nc1ccc(N2CCCCS2(=O)=O)cc1)c1ccc(F)cc1. The summed E-state index contributed by atoms with van der Waals surface area (Å²) in [5, 5.41) is 2.82. The van der Waals surface area contributed by atoms with E-state index >= 15 is 0 Å². The maximum atomic E-state index is 13.0. The van der Waals surface area contributed by atoms with Crippen LogP contribution in [0.4, 0.5) is 15.8 Å². The first-order valence-electron chi connectivity index (χ1n) is 9.01. The first kappa shape index (κ1) is 19.4. The Morgan fingerprint density at radius 1 is 1.11 bits per heavy atom. The van der Waals surface area contributed by atoms with E-state index in [1.54, 1.807) is 36.4 Å². The molecule has 1 amide bonds. The Hall–Kier alpha value is -2.41. The van der Waals surface area contributed by atoms with Crippen LogP contribution >= 0.6 is 0 Å². The Morgan fingerprint density at radius 3 is 2.41 bits per heavy atom. The van der Waals surface area contributed by atoms with Crippen LogP contribution in [-0.2, 0) is 14.8 Å². The molecule has 27 heavy (non-hydrogen) atoms. The number of sulfonamides is 1. The molecule has 1 aliphatic rings. The van der Waals surface area contributed by atoms with Crippen LogP contribution in [0.1, 0.15) is 37.7 Å². The van der Waals surface area contributed by atoms with Gasteiger partial charge in [-0.1, -0.05) is 19.1 Å². The van der Waals surface area contributed by atoms with E-state index in [0.29, 0.717) is 24.3 Å². The van der Waals surface area contributed by atoms with Gasteiger partial charge in [0.25, 0.3) is 0 Å². The first-order valence-corrected chi connectivity index (χ1v) is 10.6. The largest absolute Gasteiger partial charge is 0.326 e. The summed E-state index contributed by atoms with van der Waals surface area (Å²) < 4.78 is 38.7. The molecular weight excluding hydrogens is 367 g/mol. The maximum absolute atomic E-state index is 13.0. The molecule has 5 nitrogen and oxygen atoms in total. The standard InChI is InChI=1S/C20H23FN2O3S/c1-15(16-4-6-17(21)7-5-16)14-20(24)22-18-8-10-19(11-9-18)23-12-2-3-13-27(23,25)26/h4-11,15H,2-3,12-14H2,1H3,(H,22,24). The van der Waals surface area contributed by atoms with Crippen molar-refractivity contribution in [2.75, 3.05) is 21.9 Å². The highest BCUT2D eigenvalue weighted by molar-refractivity contribution is 7.92. The Kier molecular flexibility index (Phi) is 5.79. The molecule has 2 aromatic rings. The summed E-state index contributed by atoms with van der Waals surface area (Å²) in [5.74, 6) is -0.313. The molecule has 144 valence electrons. The zero-order valence-electron chi connectivity index (χ0n) is 15.2. The maximum Gasteiger partial charge on any atom is 0.235 e. The van der Waals surface area contributed by atoms with Crippen LogP contribution in [0, 0.1) is 5.82 Å². The predicted octanol–water partition coefficient (Wildman–Crippen LogP) is 3.89. The van der Waals surface area contributed by atoms with Crippen molar-refractivity contribution in [3.63, 3.8) is 0 Å². The molecule has 1 heterocycles. The van der Waals surface area contributed by atoms with Crippen LogP contribution in [0.5, 0.6) is 0 Å². The Bertz CT molecular complexity index is 896. The highest BCUT2D eigenvalue weighted by Gasteiger charge is 2.25. The molecule has 7 heteroatoms. The molecule has 0 aromatic heterocycles. The van der Waals surface area contributed by atoms with Crippen molar-refractivity contribution in [2.24, 2.45) is 0 Å². The van der Waals surface area contributed by atoms with Crippen LogP contribution in [0.3, 0.4) is 0 Å². The molecule has 0 bridgehead atoms. The highest BCUT2D eigenvalue weighted by Crippen LogP contribution is 2.25. The summed E-state index contributed by atoms with van der Waals surface area (Å²) in [7, 11) is -3.24. The number of nitrogens with one attached hydrogen (secondary N) is 1. The number of anilines is 2. The van der Waals surface area contributed by atoms with E-state index in [9.17, 15) is 17.6 Å². The number of amides is 1. The molecule has 1 fully saturated rings. The third-order valence-corrected chi connectivity index (χ3v) is 6.59. The summed E-state index contributed by atoms with van der Waals surface area (Å²) in [6.45, 7) is 2.40. The van der Waals surface area contributed by atoms with Gasteiger partial charge in [-0.2, -0.15) is 0 Å². The Balaban J connectivity index is 1.60.